The van der Waals surface area contributed by atoms with Crippen LogP contribution >= 0.6 is 0 Å². The molecule has 1 atom stereocenters. The Morgan fingerprint density at radius 1 is 1.41 bits per heavy atom. The lowest BCUT2D eigenvalue weighted by molar-refractivity contribution is -0.172. The van der Waals surface area contributed by atoms with E-state index in [0.29, 0.717) is 6.42 Å². The highest BCUT2D eigenvalue weighted by Crippen LogP contribution is 2.37. The van der Waals surface area contributed by atoms with Crippen LogP contribution in [-0.2, 0) is 19.1 Å². The maximum absolute atomic E-state index is 11.9. The van der Waals surface area contributed by atoms with E-state index in [1.54, 1.807) is 6.92 Å². The second kappa shape index (κ2) is 6.69. The van der Waals surface area contributed by atoms with Crippen molar-refractivity contribution < 1.29 is 19.1 Å². The smallest absolute Gasteiger partial charge is 0.324 e. The monoisotopic (exact) mass is 239 g/mol. The van der Waals surface area contributed by atoms with E-state index in [0.717, 1.165) is 0 Å². The van der Waals surface area contributed by atoms with Gasteiger partial charge in [0.05, 0.1) is 26.2 Å². The number of hydrogen-bond donors (Lipinski definition) is 0. The van der Waals surface area contributed by atoms with Crippen LogP contribution in [0.3, 0.4) is 0 Å². The number of carbonyl (C=O) groups excluding carboxylic acids is 2. The second-order valence-electron chi connectivity index (χ2n) is 3.54. The average molecular weight is 239 g/mol. The van der Waals surface area contributed by atoms with E-state index in [-0.39, 0.29) is 6.42 Å². The molecule has 1 unspecified atom stereocenters. The van der Waals surface area contributed by atoms with Gasteiger partial charge in [0.1, 0.15) is 0 Å². The van der Waals surface area contributed by atoms with Crippen molar-refractivity contribution in [2.75, 3.05) is 14.2 Å². The third-order valence-electron chi connectivity index (χ3n) is 2.72. The number of methoxy groups -OCH3 is 2. The molecule has 0 radical (unpaired) electrons. The van der Waals surface area contributed by atoms with Crippen molar-refractivity contribution in [3.8, 4) is 6.07 Å². The fraction of sp³-hybridized carbons (Fsp3) is 0.583. The standard InChI is InChI=1S/C12H17NO4/c1-5-7-12(10(14)16-3,11(15)17-4)9(6-2)8-13/h5,9H,1,6-7H2,2-4H3. The minimum atomic E-state index is -1.62. The van der Waals surface area contributed by atoms with Crippen LogP contribution in [0.2, 0.25) is 0 Å². The Morgan fingerprint density at radius 2 is 1.88 bits per heavy atom. The van der Waals surface area contributed by atoms with E-state index in [1.807, 2.05) is 6.07 Å². The highest BCUT2D eigenvalue weighted by atomic mass is 16.5. The number of carbonyl (C=O) groups is 2. The topological polar surface area (TPSA) is 76.4 Å². The fourth-order valence-electron chi connectivity index (χ4n) is 1.82. The molecule has 0 aromatic heterocycles. The molecule has 0 aromatic rings. The Kier molecular flexibility index (Phi) is 5.97. The summed E-state index contributed by atoms with van der Waals surface area (Å²) < 4.78 is 9.27. The van der Waals surface area contributed by atoms with E-state index >= 15 is 0 Å². The zero-order valence-electron chi connectivity index (χ0n) is 10.4. The van der Waals surface area contributed by atoms with Gasteiger partial charge in [-0.05, 0) is 12.8 Å². The average Bonchev–Trinajstić information content (AvgIpc) is 2.36. The summed E-state index contributed by atoms with van der Waals surface area (Å²) in [5, 5.41) is 9.08. The molecule has 5 nitrogen and oxygen atoms in total. The third-order valence-corrected chi connectivity index (χ3v) is 2.72. The molecule has 0 saturated heterocycles. The van der Waals surface area contributed by atoms with Gasteiger partial charge in [0.2, 0.25) is 0 Å². The molecule has 0 heterocycles. The number of rotatable bonds is 6. The highest BCUT2D eigenvalue weighted by Gasteiger charge is 2.53. The predicted octanol–water partition coefficient (Wildman–Crippen LogP) is 1.44. The molecule has 0 bridgehead atoms. The Labute approximate surface area is 101 Å². The molecule has 0 aliphatic rings. The van der Waals surface area contributed by atoms with E-state index in [4.69, 9.17) is 5.26 Å². The molecule has 94 valence electrons. The molecule has 0 amide bonds. The number of nitriles is 1. The van der Waals surface area contributed by atoms with E-state index < -0.39 is 23.3 Å². The molecule has 0 spiro atoms. The predicted molar refractivity (Wildman–Crippen MR) is 60.7 cm³/mol. The number of esters is 2. The molecular weight excluding hydrogens is 222 g/mol. The molecule has 17 heavy (non-hydrogen) atoms. The molecule has 0 aliphatic heterocycles. The number of hydrogen-bond acceptors (Lipinski definition) is 5. The Bertz CT molecular complexity index is 327. The molecule has 0 fully saturated rings. The first-order chi connectivity index (χ1) is 8.04. The van der Waals surface area contributed by atoms with Gasteiger partial charge in [0, 0.05) is 0 Å². The summed E-state index contributed by atoms with van der Waals surface area (Å²) >= 11 is 0. The first-order valence-electron chi connectivity index (χ1n) is 5.22. The lowest BCUT2D eigenvalue weighted by Crippen LogP contribution is -2.46. The summed E-state index contributed by atoms with van der Waals surface area (Å²) in [6.45, 7) is 5.22. The fourth-order valence-corrected chi connectivity index (χ4v) is 1.82. The van der Waals surface area contributed by atoms with Crippen LogP contribution in [0.4, 0.5) is 0 Å². The van der Waals surface area contributed by atoms with Crippen LogP contribution in [0.15, 0.2) is 12.7 Å². The minimum absolute atomic E-state index is 0.0123. The van der Waals surface area contributed by atoms with Gasteiger partial charge in [-0.1, -0.05) is 13.0 Å². The normalized spacial score (nSPS) is 12.1. The first kappa shape index (κ1) is 15.2. The zero-order valence-corrected chi connectivity index (χ0v) is 10.4. The van der Waals surface area contributed by atoms with Crippen LogP contribution in [0.1, 0.15) is 19.8 Å². The quantitative estimate of drug-likeness (QED) is 0.398. The van der Waals surface area contributed by atoms with Gasteiger partial charge < -0.3 is 9.47 Å². The zero-order chi connectivity index (χ0) is 13.5. The largest absolute Gasteiger partial charge is 0.468 e. The van der Waals surface area contributed by atoms with Crippen molar-refractivity contribution in [1.82, 2.24) is 0 Å². The van der Waals surface area contributed by atoms with Crippen molar-refractivity contribution in [2.45, 2.75) is 19.8 Å². The van der Waals surface area contributed by atoms with Crippen molar-refractivity contribution >= 4 is 11.9 Å². The number of allylic oxidation sites excluding steroid dienone is 1. The molecule has 0 aliphatic carbocycles. The Balaban J connectivity index is 5.71. The van der Waals surface area contributed by atoms with Crippen LogP contribution in [0.25, 0.3) is 0 Å². The van der Waals surface area contributed by atoms with Crippen LogP contribution in [-0.4, -0.2) is 26.2 Å². The summed E-state index contributed by atoms with van der Waals surface area (Å²) in [4.78, 5) is 23.7. The summed E-state index contributed by atoms with van der Waals surface area (Å²) in [6.07, 6.45) is 1.76. The van der Waals surface area contributed by atoms with Gasteiger partial charge in [-0.2, -0.15) is 5.26 Å². The lowest BCUT2D eigenvalue weighted by atomic mass is 9.72. The van der Waals surface area contributed by atoms with Gasteiger partial charge in [-0.25, -0.2) is 0 Å². The van der Waals surface area contributed by atoms with Gasteiger partial charge in [0.25, 0.3) is 0 Å². The molecule has 0 rings (SSSR count). The Morgan fingerprint density at radius 3 is 2.12 bits per heavy atom. The number of nitrogens with zero attached hydrogens (tertiary/aromatic N) is 1. The second-order valence-corrected chi connectivity index (χ2v) is 3.54. The summed E-state index contributed by atoms with van der Waals surface area (Å²) in [7, 11) is 2.35. The Hall–Kier alpha value is -1.83. The third kappa shape index (κ3) is 2.64. The first-order valence-corrected chi connectivity index (χ1v) is 5.22. The van der Waals surface area contributed by atoms with Crippen LogP contribution in [0, 0.1) is 22.7 Å². The van der Waals surface area contributed by atoms with Gasteiger partial charge >= 0.3 is 11.9 Å². The van der Waals surface area contributed by atoms with E-state index in [1.165, 1.54) is 20.3 Å². The molecule has 5 heteroatoms. The summed E-state index contributed by atoms with van der Waals surface area (Å²) in [6, 6.07) is 1.96. The number of ether oxygens (including phenoxy) is 2. The highest BCUT2D eigenvalue weighted by molar-refractivity contribution is 6.01. The van der Waals surface area contributed by atoms with Crippen molar-refractivity contribution in [1.29, 1.82) is 5.26 Å². The molecule has 0 aromatic carbocycles. The minimum Gasteiger partial charge on any atom is -0.468 e. The van der Waals surface area contributed by atoms with E-state index in [9.17, 15) is 9.59 Å². The van der Waals surface area contributed by atoms with Gasteiger partial charge in [-0.3, -0.25) is 9.59 Å². The van der Waals surface area contributed by atoms with Crippen molar-refractivity contribution in [2.24, 2.45) is 11.3 Å². The summed E-state index contributed by atoms with van der Waals surface area (Å²) in [5.74, 6) is -2.34. The lowest BCUT2D eigenvalue weighted by Gasteiger charge is -2.30. The molecular formula is C12H17NO4. The van der Waals surface area contributed by atoms with E-state index in [2.05, 4.69) is 16.1 Å². The van der Waals surface area contributed by atoms with Crippen molar-refractivity contribution in [3.63, 3.8) is 0 Å². The summed E-state index contributed by atoms with van der Waals surface area (Å²) in [5.41, 5.74) is -1.62. The van der Waals surface area contributed by atoms with Crippen LogP contribution < -0.4 is 0 Å². The molecule has 0 N–H and O–H groups in total. The van der Waals surface area contributed by atoms with Gasteiger partial charge in [0.15, 0.2) is 5.41 Å². The van der Waals surface area contributed by atoms with Crippen LogP contribution in [0.5, 0.6) is 0 Å². The maximum Gasteiger partial charge on any atom is 0.324 e. The maximum atomic E-state index is 11.9. The van der Waals surface area contributed by atoms with Gasteiger partial charge in [-0.15, -0.1) is 6.58 Å². The van der Waals surface area contributed by atoms with Crippen molar-refractivity contribution in [3.05, 3.63) is 12.7 Å². The molecule has 0 saturated carbocycles. The SMILES string of the molecule is C=CCC(C(=O)OC)(C(=O)OC)C(C#N)CC.